The molecular formula is C17H36N2O. The average molecular weight is 284 g/mol. The van der Waals surface area contributed by atoms with Crippen molar-refractivity contribution in [3.05, 3.63) is 0 Å². The van der Waals surface area contributed by atoms with E-state index in [9.17, 15) is 5.11 Å². The largest absolute Gasteiger partial charge is 0.394 e. The quantitative estimate of drug-likeness (QED) is 0.639. The minimum atomic E-state index is -0.0853. The summed E-state index contributed by atoms with van der Waals surface area (Å²) in [7, 11) is 0. The molecule has 2 N–H and O–H groups in total. The van der Waals surface area contributed by atoms with Gasteiger partial charge < -0.3 is 15.3 Å². The zero-order valence-electron chi connectivity index (χ0n) is 14.1. The highest BCUT2D eigenvalue weighted by molar-refractivity contribution is 4.82. The van der Waals surface area contributed by atoms with Gasteiger partial charge in [-0.2, -0.15) is 0 Å². The van der Waals surface area contributed by atoms with Crippen molar-refractivity contribution in [2.75, 3.05) is 26.2 Å². The standard InChI is InChI=1S/C17H36N2O/c1-5-10-18-17(4,14-20)9-6-7-11-19-12-8-15(2)13-16(19)3/h15-16,18,20H,5-14H2,1-4H3. The van der Waals surface area contributed by atoms with Gasteiger partial charge in [0.05, 0.1) is 6.61 Å². The fourth-order valence-electron chi connectivity index (χ4n) is 3.27. The Balaban J connectivity index is 2.20. The molecule has 0 radical (unpaired) electrons. The summed E-state index contributed by atoms with van der Waals surface area (Å²) in [5.74, 6) is 0.900. The van der Waals surface area contributed by atoms with Gasteiger partial charge in [-0.25, -0.2) is 0 Å². The molecule has 120 valence electrons. The number of rotatable bonds is 9. The highest BCUT2D eigenvalue weighted by atomic mass is 16.3. The van der Waals surface area contributed by atoms with E-state index in [1.54, 1.807) is 0 Å². The van der Waals surface area contributed by atoms with E-state index in [4.69, 9.17) is 0 Å². The lowest BCUT2D eigenvalue weighted by Crippen LogP contribution is -2.46. The summed E-state index contributed by atoms with van der Waals surface area (Å²) in [6, 6.07) is 0.751. The molecule has 3 nitrogen and oxygen atoms in total. The summed E-state index contributed by atoms with van der Waals surface area (Å²) in [6.45, 7) is 12.8. The van der Waals surface area contributed by atoms with E-state index in [-0.39, 0.29) is 12.1 Å². The van der Waals surface area contributed by atoms with Gasteiger partial charge in [0.25, 0.3) is 0 Å². The van der Waals surface area contributed by atoms with Gasteiger partial charge >= 0.3 is 0 Å². The first kappa shape index (κ1) is 17.9. The van der Waals surface area contributed by atoms with Crippen molar-refractivity contribution in [2.45, 2.75) is 77.8 Å². The van der Waals surface area contributed by atoms with E-state index >= 15 is 0 Å². The third kappa shape index (κ3) is 6.11. The second kappa shape index (κ2) is 9.01. The number of aliphatic hydroxyl groups excluding tert-OH is 1. The van der Waals surface area contributed by atoms with Crippen LogP contribution in [0.5, 0.6) is 0 Å². The lowest BCUT2D eigenvalue weighted by Gasteiger charge is -2.36. The summed E-state index contributed by atoms with van der Waals surface area (Å²) in [4.78, 5) is 2.65. The number of piperidine rings is 1. The fraction of sp³-hybridized carbons (Fsp3) is 1.00. The SMILES string of the molecule is CCCNC(C)(CO)CCCCN1CCC(C)CC1C. The molecule has 3 unspecified atom stereocenters. The Morgan fingerprint density at radius 1 is 1.30 bits per heavy atom. The average Bonchev–Trinajstić information content (AvgIpc) is 2.43. The Bertz CT molecular complexity index is 259. The van der Waals surface area contributed by atoms with Crippen molar-refractivity contribution in [1.82, 2.24) is 10.2 Å². The summed E-state index contributed by atoms with van der Waals surface area (Å²) in [5.41, 5.74) is -0.0853. The van der Waals surface area contributed by atoms with Crippen LogP contribution < -0.4 is 5.32 Å². The number of nitrogens with zero attached hydrogens (tertiary/aromatic N) is 1. The molecule has 0 aromatic heterocycles. The summed E-state index contributed by atoms with van der Waals surface area (Å²) in [5, 5.41) is 13.0. The first-order valence-corrected chi connectivity index (χ1v) is 8.60. The van der Waals surface area contributed by atoms with Gasteiger partial charge in [0.2, 0.25) is 0 Å². The van der Waals surface area contributed by atoms with Crippen molar-refractivity contribution in [3.8, 4) is 0 Å². The van der Waals surface area contributed by atoms with Crippen molar-refractivity contribution < 1.29 is 5.11 Å². The highest BCUT2D eigenvalue weighted by Crippen LogP contribution is 2.23. The zero-order valence-corrected chi connectivity index (χ0v) is 14.1. The van der Waals surface area contributed by atoms with E-state index in [2.05, 4.69) is 37.9 Å². The monoisotopic (exact) mass is 284 g/mol. The molecule has 1 aliphatic rings. The molecule has 20 heavy (non-hydrogen) atoms. The number of nitrogens with one attached hydrogen (secondary N) is 1. The fourth-order valence-corrected chi connectivity index (χ4v) is 3.27. The number of likely N-dealkylation sites (tertiary alicyclic amines) is 1. The molecule has 0 bridgehead atoms. The first-order chi connectivity index (χ1) is 9.50. The Kier molecular flexibility index (Phi) is 8.08. The van der Waals surface area contributed by atoms with Gasteiger partial charge in [0.15, 0.2) is 0 Å². The Labute approximate surface area is 126 Å². The van der Waals surface area contributed by atoms with Crippen LogP contribution in [-0.4, -0.2) is 47.8 Å². The molecule has 3 atom stereocenters. The van der Waals surface area contributed by atoms with Crippen LogP contribution in [0.2, 0.25) is 0 Å². The molecule has 1 aliphatic heterocycles. The minimum Gasteiger partial charge on any atom is -0.394 e. The maximum Gasteiger partial charge on any atom is 0.0610 e. The first-order valence-electron chi connectivity index (χ1n) is 8.60. The van der Waals surface area contributed by atoms with Gasteiger partial charge in [-0.15, -0.1) is 0 Å². The normalized spacial score (nSPS) is 27.4. The van der Waals surface area contributed by atoms with E-state index in [1.807, 2.05) is 0 Å². The zero-order chi connectivity index (χ0) is 15.0. The molecule has 1 heterocycles. The molecule has 1 rings (SSSR count). The third-order valence-corrected chi connectivity index (χ3v) is 4.85. The van der Waals surface area contributed by atoms with Gasteiger partial charge in [-0.3, -0.25) is 0 Å². The van der Waals surface area contributed by atoms with Crippen LogP contribution in [0.15, 0.2) is 0 Å². The molecule has 0 spiro atoms. The van der Waals surface area contributed by atoms with Gasteiger partial charge in [-0.05, 0) is 71.5 Å². The Hall–Kier alpha value is -0.120. The van der Waals surface area contributed by atoms with Crippen LogP contribution in [0.4, 0.5) is 0 Å². The second-order valence-electron chi connectivity index (χ2n) is 7.12. The van der Waals surface area contributed by atoms with Crippen LogP contribution in [-0.2, 0) is 0 Å². The number of hydrogen-bond acceptors (Lipinski definition) is 3. The number of aliphatic hydroxyl groups is 1. The van der Waals surface area contributed by atoms with Crippen LogP contribution in [0, 0.1) is 5.92 Å². The number of hydrogen-bond donors (Lipinski definition) is 2. The van der Waals surface area contributed by atoms with Crippen LogP contribution in [0.3, 0.4) is 0 Å². The minimum absolute atomic E-state index is 0.0853. The summed E-state index contributed by atoms with van der Waals surface area (Å²) >= 11 is 0. The maximum absolute atomic E-state index is 9.56. The van der Waals surface area contributed by atoms with Gasteiger partial charge in [0.1, 0.15) is 0 Å². The lowest BCUT2D eigenvalue weighted by atomic mass is 9.92. The van der Waals surface area contributed by atoms with E-state index in [1.165, 1.54) is 38.8 Å². The van der Waals surface area contributed by atoms with Gasteiger partial charge in [0, 0.05) is 11.6 Å². The molecule has 1 saturated heterocycles. The molecular weight excluding hydrogens is 248 g/mol. The van der Waals surface area contributed by atoms with Crippen LogP contribution in [0.1, 0.15) is 66.2 Å². The molecule has 0 aromatic carbocycles. The van der Waals surface area contributed by atoms with E-state index in [0.29, 0.717) is 0 Å². The van der Waals surface area contributed by atoms with E-state index < -0.39 is 0 Å². The molecule has 3 heteroatoms. The van der Waals surface area contributed by atoms with Gasteiger partial charge in [-0.1, -0.05) is 20.3 Å². The Morgan fingerprint density at radius 3 is 2.65 bits per heavy atom. The highest BCUT2D eigenvalue weighted by Gasteiger charge is 2.24. The van der Waals surface area contributed by atoms with Crippen molar-refractivity contribution >= 4 is 0 Å². The molecule has 1 fully saturated rings. The van der Waals surface area contributed by atoms with E-state index in [0.717, 1.165) is 31.3 Å². The molecule has 0 aromatic rings. The predicted octanol–water partition coefficient (Wildman–Crippen LogP) is 3.03. The summed E-state index contributed by atoms with van der Waals surface area (Å²) < 4.78 is 0. The maximum atomic E-state index is 9.56. The van der Waals surface area contributed by atoms with Crippen LogP contribution >= 0.6 is 0 Å². The predicted molar refractivity (Wildman–Crippen MR) is 87.1 cm³/mol. The second-order valence-corrected chi connectivity index (χ2v) is 7.12. The Morgan fingerprint density at radius 2 is 2.05 bits per heavy atom. The molecule has 0 amide bonds. The smallest absolute Gasteiger partial charge is 0.0610 e. The third-order valence-electron chi connectivity index (χ3n) is 4.85. The topological polar surface area (TPSA) is 35.5 Å². The van der Waals surface area contributed by atoms with Crippen molar-refractivity contribution in [3.63, 3.8) is 0 Å². The van der Waals surface area contributed by atoms with Crippen LogP contribution in [0.25, 0.3) is 0 Å². The number of unbranched alkanes of at least 4 members (excludes halogenated alkanes) is 1. The molecule has 0 saturated carbocycles. The van der Waals surface area contributed by atoms with Crippen molar-refractivity contribution in [2.24, 2.45) is 5.92 Å². The summed E-state index contributed by atoms with van der Waals surface area (Å²) in [6.07, 6.45) is 7.36. The lowest BCUT2D eigenvalue weighted by molar-refractivity contribution is 0.122. The van der Waals surface area contributed by atoms with Crippen molar-refractivity contribution in [1.29, 1.82) is 0 Å². The molecule has 0 aliphatic carbocycles.